The third-order valence-electron chi connectivity index (χ3n) is 5.53. The molecule has 0 spiro atoms. The molecule has 4 nitrogen and oxygen atoms in total. The third kappa shape index (κ3) is 4.02. The molecule has 0 saturated heterocycles. The molecule has 4 N–H and O–H groups in total. The van der Waals surface area contributed by atoms with Gasteiger partial charge in [0.1, 0.15) is 0 Å². The van der Waals surface area contributed by atoms with Crippen molar-refractivity contribution in [3.8, 4) is 11.5 Å². The second-order valence-electron chi connectivity index (χ2n) is 8.27. The predicted molar refractivity (Wildman–Crippen MR) is 107 cm³/mol. The molecule has 2 aliphatic carbocycles. The first-order valence-electron chi connectivity index (χ1n) is 9.23. The standard InChI is InChI=1S/C23H28O4/c1-14-12-22(3,26)9-7-17(14)21(16-5-6-19(24)20(25)11-16)18-8-10-23(4,27)13-15(18)2/h5-13,17-18,21,24-27H,1-4H3. The Morgan fingerprint density at radius 3 is 1.70 bits per heavy atom. The lowest BCUT2D eigenvalue weighted by Crippen LogP contribution is -2.31. The number of hydrogen-bond donors (Lipinski definition) is 4. The van der Waals surface area contributed by atoms with Crippen LogP contribution in [0.25, 0.3) is 0 Å². The average Bonchev–Trinajstić information content (AvgIpc) is 2.53. The first-order chi connectivity index (χ1) is 12.5. The summed E-state index contributed by atoms with van der Waals surface area (Å²) in [5.74, 6) is -0.338. The summed E-state index contributed by atoms with van der Waals surface area (Å²) in [4.78, 5) is 0. The van der Waals surface area contributed by atoms with Crippen molar-refractivity contribution < 1.29 is 20.4 Å². The Hall–Kier alpha value is -2.30. The van der Waals surface area contributed by atoms with Crippen LogP contribution in [0.2, 0.25) is 0 Å². The molecule has 144 valence electrons. The van der Waals surface area contributed by atoms with E-state index in [-0.39, 0.29) is 29.3 Å². The van der Waals surface area contributed by atoms with Crippen molar-refractivity contribution in [3.05, 3.63) is 71.4 Å². The maximum absolute atomic E-state index is 10.3. The molecule has 1 aromatic carbocycles. The van der Waals surface area contributed by atoms with Gasteiger partial charge in [-0.05, 0) is 57.5 Å². The summed E-state index contributed by atoms with van der Waals surface area (Å²) in [5.41, 5.74) is 1.02. The van der Waals surface area contributed by atoms with E-state index in [1.807, 2.05) is 44.2 Å². The third-order valence-corrected chi connectivity index (χ3v) is 5.53. The maximum Gasteiger partial charge on any atom is 0.157 e. The quantitative estimate of drug-likeness (QED) is 0.481. The fraction of sp³-hybridized carbons (Fsp3) is 0.391. The van der Waals surface area contributed by atoms with Crippen LogP contribution < -0.4 is 0 Å². The lowest BCUT2D eigenvalue weighted by Gasteiger charge is -2.38. The number of phenols is 2. The molecule has 2 aliphatic rings. The number of benzene rings is 1. The zero-order valence-electron chi connectivity index (χ0n) is 16.2. The van der Waals surface area contributed by atoms with E-state index >= 15 is 0 Å². The van der Waals surface area contributed by atoms with Crippen LogP contribution >= 0.6 is 0 Å². The van der Waals surface area contributed by atoms with E-state index in [0.29, 0.717) is 0 Å². The molecule has 0 radical (unpaired) electrons. The Bertz CT molecular complexity index is 809. The molecule has 0 bridgehead atoms. The fourth-order valence-electron chi connectivity index (χ4n) is 4.30. The second kappa shape index (κ2) is 6.70. The summed E-state index contributed by atoms with van der Waals surface area (Å²) < 4.78 is 0. The van der Waals surface area contributed by atoms with Crippen molar-refractivity contribution >= 4 is 0 Å². The van der Waals surface area contributed by atoms with Crippen LogP contribution in [-0.2, 0) is 0 Å². The summed E-state index contributed by atoms with van der Waals surface area (Å²) in [7, 11) is 0. The minimum Gasteiger partial charge on any atom is -0.504 e. The number of rotatable bonds is 3. The lowest BCUT2D eigenvalue weighted by molar-refractivity contribution is 0.156. The molecule has 4 atom stereocenters. The van der Waals surface area contributed by atoms with Crippen LogP contribution in [0.3, 0.4) is 0 Å². The minimum absolute atomic E-state index is 0.00946. The zero-order chi connectivity index (χ0) is 20.0. The van der Waals surface area contributed by atoms with E-state index in [1.165, 1.54) is 6.07 Å². The first kappa shape index (κ1) is 19.5. The number of phenolic OH excluding ortho intramolecular Hbond substituents is 2. The van der Waals surface area contributed by atoms with Crippen molar-refractivity contribution in [2.24, 2.45) is 11.8 Å². The molecule has 0 aliphatic heterocycles. The summed E-state index contributed by atoms with van der Waals surface area (Å²) in [5, 5.41) is 40.4. The van der Waals surface area contributed by atoms with Gasteiger partial charge in [0.2, 0.25) is 0 Å². The van der Waals surface area contributed by atoms with Gasteiger partial charge in [0.05, 0.1) is 11.2 Å². The summed E-state index contributed by atoms with van der Waals surface area (Å²) in [6, 6.07) is 4.92. The lowest BCUT2D eigenvalue weighted by atomic mass is 9.67. The fourth-order valence-corrected chi connectivity index (χ4v) is 4.30. The van der Waals surface area contributed by atoms with Crippen molar-refractivity contribution in [1.29, 1.82) is 0 Å². The second-order valence-corrected chi connectivity index (χ2v) is 8.27. The van der Waals surface area contributed by atoms with Gasteiger partial charge in [-0.2, -0.15) is 0 Å². The van der Waals surface area contributed by atoms with Gasteiger partial charge in [-0.25, -0.2) is 0 Å². The summed E-state index contributed by atoms with van der Waals surface area (Å²) in [6.45, 7) is 7.48. The maximum atomic E-state index is 10.3. The van der Waals surface area contributed by atoms with E-state index in [1.54, 1.807) is 32.1 Å². The van der Waals surface area contributed by atoms with E-state index in [9.17, 15) is 20.4 Å². The molecule has 3 rings (SSSR count). The largest absolute Gasteiger partial charge is 0.504 e. The number of hydrogen-bond acceptors (Lipinski definition) is 4. The zero-order valence-corrected chi connectivity index (χ0v) is 16.2. The summed E-state index contributed by atoms with van der Waals surface area (Å²) >= 11 is 0. The minimum atomic E-state index is -0.973. The molecule has 27 heavy (non-hydrogen) atoms. The molecule has 4 heteroatoms. The van der Waals surface area contributed by atoms with Crippen LogP contribution in [0.15, 0.2) is 65.8 Å². The van der Waals surface area contributed by atoms with Gasteiger partial charge in [-0.3, -0.25) is 0 Å². The van der Waals surface area contributed by atoms with Gasteiger partial charge < -0.3 is 20.4 Å². The molecule has 0 aromatic heterocycles. The normalized spacial score (nSPS) is 34.1. The number of aliphatic hydroxyl groups is 2. The van der Waals surface area contributed by atoms with Crippen LogP contribution in [0.4, 0.5) is 0 Å². The van der Waals surface area contributed by atoms with Crippen LogP contribution in [0.1, 0.15) is 39.2 Å². The van der Waals surface area contributed by atoms with Crippen molar-refractivity contribution in [3.63, 3.8) is 0 Å². The van der Waals surface area contributed by atoms with Crippen LogP contribution in [-0.4, -0.2) is 31.6 Å². The highest BCUT2D eigenvalue weighted by Gasteiger charge is 2.36. The molecule has 1 aromatic rings. The van der Waals surface area contributed by atoms with Crippen molar-refractivity contribution in [2.75, 3.05) is 0 Å². The Kier molecular flexibility index (Phi) is 4.83. The Balaban J connectivity index is 2.10. The van der Waals surface area contributed by atoms with Gasteiger partial charge >= 0.3 is 0 Å². The molecule has 0 fully saturated rings. The van der Waals surface area contributed by atoms with E-state index in [2.05, 4.69) is 0 Å². The van der Waals surface area contributed by atoms with Gasteiger partial charge in [0, 0.05) is 17.8 Å². The van der Waals surface area contributed by atoms with Crippen LogP contribution in [0.5, 0.6) is 11.5 Å². The van der Waals surface area contributed by atoms with E-state index < -0.39 is 11.2 Å². The topological polar surface area (TPSA) is 80.9 Å². The van der Waals surface area contributed by atoms with Crippen molar-refractivity contribution in [1.82, 2.24) is 0 Å². The predicted octanol–water partition coefficient (Wildman–Crippen LogP) is 3.95. The summed E-state index contributed by atoms with van der Waals surface area (Å²) in [6.07, 6.45) is 11.3. The molecule has 0 heterocycles. The molecular formula is C23H28O4. The molecule has 0 saturated carbocycles. The Labute approximate surface area is 160 Å². The molecule has 4 unspecified atom stereocenters. The van der Waals surface area contributed by atoms with Gasteiger partial charge in [0.25, 0.3) is 0 Å². The highest BCUT2D eigenvalue weighted by atomic mass is 16.3. The number of aromatic hydroxyl groups is 2. The highest BCUT2D eigenvalue weighted by Crippen LogP contribution is 2.46. The van der Waals surface area contributed by atoms with Gasteiger partial charge in [0.15, 0.2) is 11.5 Å². The number of allylic oxidation sites excluding steroid dienone is 4. The Morgan fingerprint density at radius 1 is 0.815 bits per heavy atom. The van der Waals surface area contributed by atoms with Crippen molar-refractivity contribution in [2.45, 2.75) is 44.8 Å². The molecule has 0 amide bonds. The smallest absolute Gasteiger partial charge is 0.157 e. The van der Waals surface area contributed by atoms with E-state index in [4.69, 9.17) is 0 Å². The average molecular weight is 368 g/mol. The monoisotopic (exact) mass is 368 g/mol. The Morgan fingerprint density at radius 2 is 1.30 bits per heavy atom. The highest BCUT2D eigenvalue weighted by molar-refractivity contribution is 5.45. The van der Waals surface area contributed by atoms with Crippen LogP contribution in [0, 0.1) is 11.8 Å². The molecular weight excluding hydrogens is 340 g/mol. The van der Waals surface area contributed by atoms with Gasteiger partial charge in [-0.1, -0.05) is 41.5 Å². The van der Waals surface area contributed by atoms with E-state index in [0.717, 1.165) is 16.7 Å². The first-order valence-corrected chi connectivity index (χ1v) is 9.23. The SMILES string of the molecule is CC1=CC(C)(O)C=CC1C(c1ccc(O)c(O)c1)C1C=CC(C)(O)C=C1C. The van der Waals surface area contributed by atoms with Gasteiger partial charge in [-0.15, -0.1) is 0 Å².